The molecule has 1 amide bonds. The van der Waals surface area contributed by atoms with Crippen LogP contribution in [0.5, 0.6) is 5.75 Å². The number of hydrogen-bond donors (Lipinski definition) is 2. The van der Waals surface area contributed by atoms with E-state index in [9.17, 15) is 4.79 Å². The SMILES string of the molecule is Cc1ccc(Nc2ccccc2NC(=O)COc2ccc(C)cc2C)cc1. The number of carbonyl (C=O) groups excluding carboxylic acids is 1. The predicted molar refractivity (Wildman–Crippen MR) is 111 cm³/mol. The highest BCUT2D eigenvalue weighted by atomic mass is 16.5. The maximum atomic E-state index is 12.3. The van der Waals surface area contributed by atoms with Crippen LogP contribution in [0.15, 0.2) is 66.7 Å². The summed E-state index contributed by atoms with van der Waals surface area (Å²) in [7, 11) is 0. The molecule has 4 heteroatoms. The van der Waals surface area contributed by atoms with E-state index in [0.29, 0.717) is 5.69 Å². The number of carbonyl (C=O) groups is 1. The Morgan fingerprint density at radius 3 is 2.22 bits per heavy atom. The Labute approximate surface area is 160 Å². The summed E-state index contributed by atoms with van der Waals surface area (Å²) < 4.78 is 5.66. The minimum absolute atomic E-state index is 0.0389. The molecule has 3 aromatic carbocycles. The summed E-state index contributed by atoms with van der Waals surface area (Å²) in [5, 5.41) is 6.26. The molecular weight excluding hydrogens is 336 g/mol. The lowest BCUT2D eigenvalue weighted by Gasteiger charge is -2.14. The molecule has 0 aliphatic carbocycles. The van der Waals surface area contributed by atoms with Gasteiger partial charge in [0.2, 0.25) is 0 Å². The zero-order valence-corrected chi connectivity index (χ0v) is 15.9. The van der Waals surface area contributed by atoms with Gasteiger partial charge in [-0.25, -0.2) is 0 Å². The van der Waals surface area contributed by atoms with Crippen LogP contribution in [0.25, 0.3) is 0 Å². The molecule has 3 aromatic rings. The van der Waals surface area contributed by atoms with E-state index in [0.717, 1.165) is 22.7 Å². The van der Waals surface area contributed by atoms with Gasteiger partial charge in [0.25, 0.3) is 5.91 Å². The zero-order valence-electron chi connectivity index (χ0n) is 15.9. The van der Waals surface area contributed by atoms with Gasteiger partial charge in [0.15, 0.2) is 6.61 Å². The molecule has 0 aliphatic heterocycles. The molecule has 0 aromatic heterocycles. The molecule has 0 spiro atoms. The third kappa shape index (κ3) is 5.11. The van der Waals surface area contributed by atoms with Crippen molar-refractivity contribution in [2.24, 2.45) is 0 Å². The van der Waals surface area contributed by atoms with Crippen LogP contribution in [0.3, 0.4) is 0 Å². The molecule has 0 aliphatic rings. The van der Waals surface area contributed by atoms with Gasteiger partial charge in [-0.15, -0.1) is 0 Å². The maximum absolute atomic E-state index is 12.3. The van der Waals surface area contributed by atoms with Crippen molar-refractivity contribution in [2.45, 2.75) is 20.8 Å². The molecule has 27 heavy (non-hydrogen) atoms. The number of benzene rings is 3. The molecule has 3 rings (SSSR count). The van der Waals surface area contributed by atoms with Crippen LogP contribution in [0.4, 0.5) is 17.1 Å². The normalized spacial score (nSPS) is 10.3. The van der Waals surface area contributed by atoms with E-state index in [4.69, 9.17) is 4.74 Å². The van der Waals surface area contributed by atoms with Gasteiger partial charge in [-0.3, -0.25) is 4.79 Å². The predicted octanol–water partition coefficient (Wildman–Crippen LogP) is 5.37. The summed E-state index contributed by atoms with van der Waals surface area (Å²) in [4.78, 5) is 12.3. The molecule has 0 saturated heterocycles. The summed E-state index contributed by atoms with van der Waals surface area (Å²) in [6.45, 7) is 6.01. The fraction of sp³-hybridized carbons (Fsp3) is 0.174. The third-order valence-corrected chi connectivity index (χ3v) is 4.22. The van der Waals surface area contributed by atoms with Gasteiger partial charge in [0.05, 0.1) is 11.4 Å². The molecule has 2 N–H and O–H groups in total. The average molecular weight is 360 g/mol. The fourth-order valence-electron chi connectivity index (χ4n) is 2.78. The molecule has 0 heterocycles. The van der Waals surface area contributed by atoms with Crippen molar-refractivity contribution in [1.82, 2.24) is 0 Å². The molecule has 0 saturated carbocycles. The van der Waals surface area contributed by atoms with Crippen LogP contribution in [-0.4, -0.2) is 12.5 Å². The van der Waals surface area contributed by atoms with Crippen molar-refractivity contribution in [3.63, 3.8) is 0 Å². The number of para-hydroxylation sites is 2. The Kier molecular flexibility index (Phi) is 5.77. The Balaban J connectivity index is 1.64. The van der Waals surface area contributed by atoms with E-state index in [1.807, 2.05) is 87.5 Å². The lowest BCUT2D eigenvalue weighted by Crippen LogP contribution is -2.21. The van der Waals surface area contributed by atoms with Gasteiger partial charge < -0.3 is 15.4 Å². The topological polar surface area (TPSA) is 50.4 Å². The first-order valence-corrected chi connectivity index (χ1v) is 8.94. The smallest absolute Gasteiger partial charge is 0.262 e. The van der Waals surface area contributed by atoms with Gasteiger partial charge in [0, 0.05) is 5.69 Å². The maximum Gasteiger partial charge on any atom is 0.262 e. The monoisotopic (exact) mass is 360 g/mol. The Bertz CT molecular complexity index is 933. The minimum Gasteiger partial charge on any atom is -0.483 e. The summed E-state index contributed by atoms with van der Waals surface area (Å²) in [5.41, 5.74) is 5.90. The quantitative estimate of drug-likeness (QED) is 0.621. The van der Waals surface area contributed by atoms with Crippen LogP contribution < -0.4 is 15.4 Å². The highest BCUT2D eigenvalue weighted by Gasteiger charge is 2.09. The van der Waals surface area contributed by atoms with Gasteiger partial charge in [-0.1, -0.05) is 47.5 Å². The van der Waals surface area contributed by atoms with E-state index in [1.54, 1.807) is 0 Å². The summed E-state index contributed by atoms with van der Waals surface area (Å²) in [6, 6.07) is 21.6. The van der Waals surface area contributed by atoms with Gasteiger partial charge in [-0.2, -0.15) is 0 Å². The van der Waals surface area contributed by atoms with E-state index >= 15 is 0 Å². The fourth-order valence-corrected chi connectivity index (χ4v) is 2.78. The molecule has 0 bridgehead atoms. The Hall–Kier alpha value is -3.27. The van der Waals surface area contributed by atoms with Crippen LogP contribution in [0, 0.1) is 20.8 Å². The third-order valence-electron chi connectivity index (χ3n) is 4.22. The van der Waals surface area contributed by atoms with E-state index in [-0.39, 0.29) is 12.5 Å². The number of aryl methyl sites for hydroxylation is 3. The van der Waals surface area contributed by atoms with Crippen molar-refractivity contribution in [3.05, 3.63) is 83.4 Å². The molecular formula is C23H24N2O2. The first kappa shape index (κ1) is 18.5. The van der Waals surface area contributed by atoms with E-state index in [2.05, 4.69) is 10.6 Å². The Morgan fingerprint density at radius 2 is 1.52 bits per heavy atom. The second-order valence-electron chi connectivity index (χ2n) is 6.64. The lowest BCUT2D eigenvalue weighted by molar-refractivity contribution is -0.118. The average Bonchev–Trinajstić information content (AvgIpc) is 2.64. The second-order valence-corrected chi connectivity index (χ2v) is 6.64. The molecule has 138 valence electrons. The van der Waals surface area contributed by atoms with Crippen molar-refractivity contribution in [3.8, 4) is 5.75 Å². The van der Waals surface area contributed by atoms with Crippen molar-refractivity contribution >= 4 is 23.0 Å². The van der Waals surface area contributed by atoms with E-state index in [1.165, 1.54) is 11.1 Å². The number of ether oxygens (including phenoxy) is 1. The van der Waals surface area contributed by atoms with Crippen LogP contribution in [0.1, 0.15) is 16.7 Å². The zero-order chi connectivity index (χ0) is 19.2. The Morgan fingerprint density at radius 1 is 0.852 bits per heavy atom. The standard InChI is InChI=1S/C23H24N2O2/c1-16-8-11-19(12-9-16)24-20-6-4-5-7-21(20)25-23(26)15-27-22-13-10-17(2)14-18(22)3/h4-14,24H,15H2,1-3H3,(H,25,26). The highest BCUT2D eigenvalue weighted by molar-refractivity contribution is 5.95. The van der Waals surface area contributed by atoms with E-state index < -0.39 is 0 Å². The molecule has 0 fully saturated rings. The highest BCUT2D eigenvalue weighted by Crippen LogP contribution is 2.25. The first-order valence-electron chi connectivity index (χ1n) is 8.94. The largest absolute Gasteiger partial charge is 0.483 e. The van der Waals surface area contributed by atoms with Crippen molar-refractivity contribution in [1.29, 1.82) is 0 Å². The second kappa shape index (κ2) is 8.41. The summed E-state index contributed by atoms with van der Waals surface area (Å²) in [5.74, 6) is 0.523. The number of rotatable bonds is 6. The number of amides is 1. The molecule has 0 radical (unpaired) electrons. The van der Waals surface area contributed by atoms with Crippen molar-refractivity contribution < 1.29 is 9.53 Å². The van der Waals surface area contributed by atoms with Gasteiger partial charge in [0.1, 0.15) is 5.75 Å². The summed E-state index contributed by atoms with van der Waals surface area (Å²) >= 11 is 0. The molecule has 0 unspecified atom stereocenters. The number of hydrogen-bond acceptors (Lipinski definition) is 3. The van der Waals surface area contributed by atoms with Crippen LogP contribution in [0.2, 0.25) is 0 Å². The minimum atomic E-state index is -0.201. The van der Waals surface area contributed by atoms with Gasteiger partial charge in [-0.05, 0) is 56.7 Å². The summed E-state index contributed by atoms with van der Waals surface area (Å²) in [6.07, 6.45) is 0. The number of nitrogens with one attached hydrogen (secondary N) is 2. The molecule has 4 nitrogen and oxygen atoms in total. The van der Waals surface area contributed by atoms with Crippen LogP contribution in [-0.2, 0) is 4.79 Å². The molecule has 0 atom stereocenters. The van der Waals surface area contributed by atoms with Crippen LogP contribution >= 0.6 is 0 Å². The van der Waals surface area contributed by atoms with Crippen molar-refractivity contribution in [2.75, 3.05) is 17.2 Å². The first-order chi connectivity index (χ1) is 13.0. The number of anilines is 3. The lowest BCUT2D eigenvalue weighted by atomic mass is 10.1. The van der Waals surface area contributed by atoms with Gasteiger partial charge >= 0.3 is 0 Å².